The molecule has 0 heterocycles. The van der Waals surface area contributed by atoms with Gasteiger partial charge in [0.2, 0.25) is 0 Å². The largest absolute Gasteiger partial charge is 0.365 e. The summed E-state index contributed by atoms with van der Waals surface area (Å²) in [4.78, 5) is 18.4. The van der Waals surface area contributed by atoms with Crippen LogP contribution in [0.15, 0.2) is 155 Å². The van der Waals surface area contributed by atoms with E-state index in [0.29, 0.717) is 11.4 Å². The van der Waals surface area contributed by atoms with Gasteiger partial charge in [0.1, 0.15) is 0 Å². The van der Waals surface area contributed by atoms with Crippen molar-refractivity contribution in [2.75, 3.05) is 0 Å². The zero-order valence-electron chi connectivity index (χ0n) is 21.0. The molecule has 4 nitrogen and oxygen atoms in total. The molecular weight excluding hydrogens is 487 g/mol. The third-order valence-electron chi connectivity index (χ3n) is 6.17. The fourth-order valence-corrected chi connectivity index (χ4v) is 7.72. The van der Waals surface area contributed by atoms with Gasteiger partial charge in [-0.15, -0.1) is 0 Å². The van der Waals surface area contributed by atoms with E-state index in [9.17, 15) is 4.79 Å². The van der Waals surface area contributed by atoms with E-state index in [-0.39, 0.29) is 0 Å². The lowest BCUT2D eigenvalue weighted by atomic mass is 10.2. The highest BCUT2D eigenvalue weighted by molar-refractivity contribution is 7.87. The van der Waals surface area contributed by atoms with E-state index >= 15 is 0 Å². The molecule has 0 fully saturated rings. The van der Waals surface area contributed by atoms with Crippen LogP contribution in [0.25, 0.3) is 0 Å². The fraction of sp³-hybridized carbons (Fsp3) is 0.0303. The van der Waals surface area contributed by atoms with Crippen molar-refractivity contribution in [3.8, 4) is 0 Å². The second-order valence-electron chi connectivity index (χ2n) is 8.77. The molecule has 5 aromatic rings. The van der Waals surface area contributed by atoms with Crippen molar-refractivity contribution in [2.24, 2.45) is 9.90 Å². The van der Waals surface area contributed by atoms with Crippen LogP contribution in [0.2, 0.25) is 0 Å². The van der Waals surface area contributed by atoms with Gasteiger partial charge in [0.25, 0.3) is 0 Å². The van der Waals surface area contributed by atoms with E-state index in [1.165, 1.54) is 0 Å². The summed E-state index contributed by atoms with van der Waals surface area (Å²) in [6.07, 6.45) is 0. The summed E-state index contributed by atoms with van der Waals surface area (Å²) in [6.45, 7) is 1.97. The third-order valence-corrected chi connectivity index (χ3v) is 9.79. The van der Waals surface area contributed by atoms with Crippen LogP contribution in [0.5, 0.6) is 0 Å². The maximum atomic E-state index is 12.9. The van der Waals surface area contributed by atoms with Gasteiger partial charge < -0.3 is 4.84 Å². The Hall–Kier alpha value is -4.53. The van der Waals surface area contributed by atoms with Crippen LogP contribution in [-0.2, 0) is 4.84 Å². The fourth-order valence-electron chi connectivity index (χ4n) is 4.24. The average molecular weight is 515 g/mol. The second kappa shape index (κ2) is 11.7. The lowest BCUT2D eigenvalue weighted by Gasteiger charge is -2.27. The van der Waals surface area contributed by atoms with Gasteiger partial charge in [-0.2, -0.15) is 0 Å². The monoisotopic (exact) mass is 514 g/mol. The molecule has 38 heavy (non-hydrogen) atoms. The Labute approximate surface area is 223 Å². The minimum Gasteiger partial charge on any atom is -0.311 e. The summed E-state index contributed by atoms with van der Waals surface area (Å²) in [5.41, 5.74) is 2.26. The summed E-state index contributed by atoms with van der Waals surface area (Å²) < 4.78 is 5.45. The van der Waals surface area contributed by atoms with E-state index in [1.54, 1.807) is 12.1 Å². The van der Waals surface area contributed by atoms with Crippen molar-refractivity contribution in [1.29, 1.82) is 0 Å². The van der Waals surface area contributed by atoms with Crippen LogP contribution in [0.3, 0.4) is 0 Å². The molecule has 186 valence electrons. The molecule has 0 bridgehead atoms. The highest BCUT2D eigenvalue weighted by atomic mass is 31.2. The van der Waals surface area contributed by atoms with Gasteiger partial charge in [0.15, 0.2) is 5.84 Å². The number of aryl methyl sites for hydroxylation is 1. The molecule has 0 atom stereocenters. The number of carbonyl (C=O) groups excluding carboxylic acids is 1. The molecule has 5 heteroatoms. The molecule has 5 rings (SSSR count). The van der Waals surface area contributed by atoms with Crippen LogP contribution in [0, 0.1) is 6.92 Å². The Morgan fingerprint density at radius 2 is 0.974 bits per heavy atom. The van der Waals surface area contributed by atoms with E-state index in [0.717, 1.165) is 27.0 Å². The number of rotatable bonds is 6. The minimum atomic E-state index is -2.61. The zero-order chi connectivity index (χ0) is 26.2. The first kappa shape index (κ1) is 25.1. The second-order valence-corrected chi connectivity index (χ2v) is 11.8. The summed E-state index contributed by atoms with van der Waals surface area (Å²) in [6, 6.07) is 47.7. The van der Waals surface area contributed by atoms with Crippen molar-refractivity contribution >= 4 is 34.8 Å². The SMILES string of the molecule is Cc1ccc(C(=O)O/N=C(\N=P(c2ccccc2)(c2ccccc2)c2ccccc2)c2ccccc2)cc1. The highest BCUT2D eigenvalue weighted by Gasteiger charge is 2.28. The van der Waals surface area contributed by atoms with Crippen molar-refractivity contribution in [1.82, 2.24) is 0 Å². The molecule has 0 aromatic heterocycles. The maximum Gasteiger partial charge on any atom is 0.365 e. The molecule has 5 aromatic carbocycles. The van der Waals surface area contributed by atoms with Crippen LogP contribution < -0.4 is 15.9 Å². The smallest absolute Gasteiger partial charge is 0.311 e. The predicted molar refractivity (Wildman–Crippen MR) is 157 cm³/mol. The molecule has 0 saturated carbocycles. The lowest BCUT2D eigenvalue weighted by molar-refractivity contribution is 0.0516. The normalized spacial score (nSPS) is 11.6. The van der Waals surface area contributed by atoms with Crippen LogP contribution in [0.1, 0.15) is 21.5 Å². The Morgan fingerprint density at radius 1 is 0.553 bits per heavy atom. The van der Waals surface area contributed by atoms with Crippen LogP contribution in [0.4, 0.5) is 0 Å². The Bertz CT molecular complexity index is 1480. The lowest BCUT2D eigenvalue weighted by Crippen LogP contribution is -2.26. The van der Waals surface area contributed by atoms with Crippen LogP contribution in [-0.4, -0.2) is 11.8 Å². The standard InChI is InChI=1S/C33H27N2O2P/c1-26-22-24-28(25-23-26)33(36)37-34-32(27-14-6-2-7-15-27)35-38(29-16-8-3-9-17-29,30-18-10-4-11-19-30)31-20-12-5-13-21-31/h2-25H,1H3/b34-32-. The van der Waals surface area contributed by atoms with Gasteiger partial charge in [-0.1, -0.05) is 144 Å². The van der Waals surface area contributed by atoms with E-state index < -0.39 is 13.0 Å². The maximum absolute atomic E-state index is 12.9. The molecule has 0 aliphatic carbocycles. The molecule has 0 unspecified atom stereocenters. The van der Waals surface area contributed by atoms with Crippen molar-refractivity contribution in [2.45, 2.75) is 6.92 Å². The molecule has 0 aliphatic heterocycles. The van der Waals surface area contributed by atoms with Gasteiger partial charge in [0, 0.05) is 21.5 Å². The molecule has 0 N–H and O–H groups in total. The third kappa shape index (κ3) is 5.41. The summed E-state index contributed by atoms with van der Waals surface area (Å²) in [5.74, 6) is -0.173. The molecular formula is C33H27N2O2P. The number of benzene rings is 5. The van der Waals surface area contributed by atoms with Gasteiger partial charge in [-0.3, -0.25) is 0 Å². The number of hydrogen-bond donors (Lipinski definition) is 0. The van der Waals surface area contributed by atoms with Crippen molar-refractivity contribution < 1.29 is 9.63 Å². The summed E-state index contributed by atoms with van der Waals surface area (Å²) in [5, 5.41) is 7.61. The molecule has 0 spiro atoms. The minimum absolute atomic E-state index is 0.357. The quantitative estimate of drug-likeness (QED) is 0.0833. The summed E-state index contributed by atoms with van der Waals surface area (Å²) in [7, 11) is -2.61. The number of carbonyl (C=O) groups is 1. The van der Waals surface area contributed by atoms with Gasteiger partial charge in [0.05, 0.1) is 12.6 Å². The molecule has 0 saturated heterocycles. The molecule has 0 aliphatic rings. The Morgan fingerprint density at radius 3 is 1.42 bits per heavy atom. The topological polar surface area (TPSA) is 51.0 Å². The summed E-state index contributed by atoms with van der Waals surface area (Å²) >= 11 is 0. The first-order chi connectivity index (χ1) is 18.7. The predicted octanol–water partition coefficient (Wildman–Crippen LogP) is 6.69. The van der Waals surface area contributed by atoms with Gasteiger partial charge >= 0.3 is 5.97 Å². The van der Waals surface area contributed by atoms with E-state index in [4.69, 9.17) is 9.58 Å². The van der Waals surface area contributed by atoms with Crippen LogP contribution >= 0.6 is 7.05 Å². The van der Waals surface area contributed by atoms with Crippen molar-refractivity contribution in [3.63, 3.8) is 0 Å². The van der Waals surface area contributed by atoms with Gasteiger partial charge in [-0.25, -0.2) is 9.54 Å². The number of nitrogens with zero attached hydrogens (tertiary/aromatic N) is 2. The number of amidine groups is 1. The van der Waals surface area contributed by atoms with Crippen molar-refractivity contribution in [3.05, 3.63) is 162 Å². The Kier molecular flexibility index (Phi) is 7.73. The van der Waals surface area contributed by atoms with E-state index in [2.05, 4.69) is 41.6 Å². The van der Waals surface area contributed by atoms with E-state index in [1.807, 2.05) is 104 Å². The average Bonchev–Trinajstić information content (AvgIpc) is 2.99. The zero-order valence-corrected chi connectivity index (χ0v) is 21.9. The first-order valence-electron chi connectivity index (χ1n) is 12.4. The number of oxime groups is 1. The molecule has 0 amide bonds. The number of hydrogen-bond acceptors (Lipinski definition) is 3. The van der Waals surface area contributed by atoms with Gasteiger partial charge in [-0.05, 0) is 19.1 Å². The first-order valence-corrected chi connectivity index (χ1v) is 14.1. The highest BCUT2D eigenvalue weighted by Crippen LogP contribution is 2.47. The molecule has 0 radical (unpaired) electrons. The Balaban J connectivity index is 1.76.